The molecule has 3 aromatic rings. The highest BCUT2D eigenvalue weighted by atomic mass is 19.1. The maximum atomic E-state index is 13.7. The molecular formula is C18H16FN3O3. The predicted octanol–water partition coefficient (Wildman–Crippen LogP) is 2.28. The van der Waals surface area contributed by atoms with E-state index < -0.39 is 17.7 Å². The molecule has 2 aromatic carbocycles. The van der Waals surface area contributed by atoms with Crippen LogP contribution >= 0.6 is 0 Å². The van der Waals surface area contributed by atoms with Crippen molar-refractivity contribution in [2.45, 2.75) is 13.1 Å². The van der Waals surface area contributed by atoms with Crippen LogP contribution in [0, 0.1) is 5.82 Å². The van der Waals surface area contributed by atoms with Gasteiger partial charge in [-0.2, -0.15) is 0 Å². The number of hydrogen-bond donors (Lipinski definition) is 1. The van der Waals surface area contributed by atoms with E-state index >= 15 is 0 Å². The zero-order valence-corrected chi connectivity index (χ0v) is 13.5. The third-order valence-electron chi connectivity index (χ3n) is 3.77. The standard InChI is InChI=1S/C18H16FN3O3/c1-25-17(23)11-22-15-9-5-4-8-14(15)21-16(22)10-20-18(24)12-6-2-3-7-13(12)19/h2-9H,10-11H2,1H3,(H,20,24). The minimum Gasteiger partial charge on any atom is -0.468 e. The number of aromatic nitrogens is 2. The quantitative estimate of drug-likeness (QED) is 0.723. The molecule has 1 amide bonds. The molecule has 0 aliphatic heterocycles. The highest BCUT2D eigenvalue weighted by molar-refractivity contribution is 5.94. The summed E-state index contributed by atoms with van der Waals surface area (Å²) in [5.74, 6) is -1.08. The molecule has 0 saturated heterocycles. The van der Waals surface area contributed by atoms with Crippen LogP contribution < -0.4 is 5.32 Å². The lowest BCUT2D eigenvalue weighted by Crippen LogP contribution is -2.26. The van der Waals surface area contributed by atoms with Gasteiger partial charge in [0.15, 0.2) is 0 Å². The van der Waals surface area contributed by atoms with Gasteiger partial charge in [-0.15, -0.1) is 0 Å². The Morgan fingerprint density at radius 1 is 1.16 bits per heavy atom. The smallest absolute Gasteiger partial charge is 0.325 e. The molecule has 0 radical (unpaired) electrons. The van der Waals surface area contributed by atoms with Gasteiger partial charge in [0.05, 0.1) is 30.3 Å². The summed E-state index contributed by atoms with van der Waals surface area (Å²) in [6.45, 7) is 0.0285. The molecule has 0 unspecified atom stereocenters. The van der Waals surface area contributed by atoms with Crippen LogP contribution in [0.4, 0.5) is 4.39 Å². The summed E-state index contributed by atoms with van der Waals surface area (Å²) in [6.07, 6.45) is 0. The maximum absolute atomic E-state index is 13.7. The van der Waals surface area contributed by atoms with Gasteiger partial charge in [-0.25, -0.2) is 9.37 Å². The van der Waals surface area contributed by atoms with Crippen molar-refractivity contribution in [1.82, 2.24) is 14.9 Å². The number of methoxy groups -OCH3 is 1. The lowest BCUT2D eigenvalue weighted by molar-refractivity contribution is -0.141. The van der Waals surface area contributed by atoms with Gasteiger partial charge in [-0.1, -0.05) is 24.3 Å². The van der Waals surface area contributed by atoms with E-state index in [0.717, 1.165) is 5.52 Å². The fraction of sp³-hybridized carbons (Fsp3) is 0.167. The summed E-state index contributed by atoms with van der Waals surface area (Å²) < 4.78 is 20.1. The van der Waals surface area contributed by atoms with Crippen molar-refractivity contribution in [2.75, 3.05) is 7.11 Å². The molecule has 0 aliphatic carbocycles. The molecule has 25 heavy (non-hydrogen) atoms. The molecule has 7 heteroatoms. The van der Waals surface area contributed by atoms with E-state index in [4.69, 9.17) is 4.74 Å². The lowest BCUT2D eigenvalue weighted by Gasteiger charge is -2.09. The number of nitrogens with zero attached hydrogens (tertiary/aromatic N) is 2. The summed E-state index contributed by atoms with van der Waals surface area (Å²) in [5, 5.41) is 2.63. The first-order valence-corrected chi connectivity index (χ1v) is 7.64. The van der Waals surface area contributed by atoms with Crippen LogP contribution in [0.25, 0.3) is 11.0 Å². The Labute approximate surface area is 143 Å². The number of benzene rings is 2. The first-order chi connectivity index (χ1) is 12.1. The summed E-state index contributed by atoms with van der Waals surface area (Å²) in [7, 11) is 1.31. The van der Waals surface area contributed by atoms with Crippen molar-refractivity contribution in [1.29, 1.82) is 0 Å². The van der Waals surface area contributed by atoms with E-state index in [1.54, 1.807) is 10.6 Å². The van der Waals surface area contributed by atoms with Gasteiger partial charge in [-0.05, 0) is 24.3 Å². The van der Waals surface area contributed by atoms with Gasteiger partial charge >= 0.3 is 5.97 Å². The monoisotopic (exact) mass is 341 g/mol. The van der Waals surface area contributed by atoms with Gasteiger partial charge in [-0.3, -0.25) is 9.59 Å². The number of rotatable bonds is 5. The number of halogens is 1. The lowest BCUT2D eigenvalue weighted by atomic mass is 10.2. The third-order valence-corrected chi connectivity index (χ3v) is 3.77. The van der Waals surface area contributed by atoms with E-state index in [-0.39, 0.29) is 18.7 Å². The minimum atomic E-state index is -0.594. The molecule has 128 valence electrons. The van der Waals surface area contributed by atoms with E-state index in [2.05, 4.69) is 10.3 Å². The Bertz CT molecular complexity index is 936. The second-order valence-electron chi connectivity index (χ2n) is 5.34. The fourth-order valence-corrected chi connectivity index (χ4v) is 2.53. The summed E-state index contributed by atoms with van der Waals surface area (Å²) >= 11 is 0. The van der Waals surface area contributed by atoms with Crippen LogP contribution in [0.1, 0.15) is 16.2 Å². The zero-order valence-electron chi connectivity index (χ0n) is 13.5. The normalized spacial score (nSPS) is 10.6. The number of para-hydroxylation sites is 2. The second kappa shape index (κ2) is 7.12. The van der Waals surface area contributed by atoms with Crippen molar-refractivity contribution in [3.05, 3.63) is 65.7 Å². The summed E-state index contributed by atoms with van der Waals surface area (Å²) in [4.78, 5) is 28.3. The average Bonchev–Trinajstić information content (AvgIpc) is 2.97. The second-order valence-corrected chi connectivity index (χ2v) is 5.34. The Morgan fingerprint density at radius 2 is 1.88 bits per heavy atom. The third kappa shape index (κ3) is 3.50. The van der Waals surface area contributed by atoms with Crippen molar-refractivity contribution in [3.63, 3.8) is 0 Å². The molecule has 3 rings (SSSR count). The number of hydrogen-bond acceptors (Lipinski definition) is 4. The number of imidazole rings is 1. The number of fused-ring (bicyclic) bond motifs is 1. The van der Waals surface area contributed by atoms with Gasteiger partial charge in [0.2, 0.25) is 0 Å². The summed E-state index contributed by atoms with van der Waals surface area (Å²) in [6, 6.07) is 13.0. The Kier molecular flexibility index (Phi) is 4.74. The molecule has 0 fully saturated rings. The molecule has 1 N–H and O–H groups in total. The van der Waals surface area contributed by atoms with Crippen molar-refractivity contribution in [2.24, 2.45) is 0 Å². The maximum Gasteiger partial charge on any atom is 0.325 e. The largest absolute Gasteiger partial charge is 0.468 e. The van der Waals surface area contributed by atoms with Gasteiger partial charge < -0.3 is 14.6 Å². The Hall–Kier alpha value is -3.22. The van der Waals surface area contributed by atoms with Crippen molar-refractivity contribution < 1.29 is 18.7 Å². The minimum absolute atomic E-state index is 0.0259. The Morgan fingerprint density at radius 3 is 2.64 bits per heavy atom. The number of ether oxygens (including phenoxy) is 1. The van der Waals surface area contributed by atoms with Crippen LogP contribution in [-0.4, -0.2) is 28.5 Å². The number of nitrogens with one attached hydrogen (secondary N) is 1. The zero-order chi connectivity index (χ0) is 17.8. The van der Waals surface area contributed by atoms with Crippen LogP contribution in [0.15, 0.2) is 48.5 Å². The van der Waals surface area contributed by atoms with Crippen LogP contribution in [0.5, 0.6) is 0 Å². The number of amides is 1. The Balaban J connectivity index is 1.85. The van der Waals surface area contributed by atoms with E-state index in [1.807, 2.05) is 24.3 Å². The highest BCUT2D eigenvalue weighted by Gasteiger charge is 2.16. The molecule has 0 atom stereocenters. The van der Waals surface area contributed by atoms with Crippen molar-refractivity contribution >= 4 is 22.9 Å². The number of esters is 1. The molecule has 0 aliphatic rings. The highest BCUT2D eigenvalue weighted by Crippen LogP contribution is 2.16. The van der Waals surface area contributed by atoms with Crippen LogP contribution in [0.2, 0.25) is 0 Å². The number of carbonyl (C=O) groups is 2. The summed E-state index contributed by atoms with van der Waals surface area (Å²) in [5.41, 5.74) is 1.41. The van der Waals surface area contributed by atoms with Crippen LogP contribution in [-0.2, 0) is 22.6 Å². The molecule has 1 heterocycles. The van der Waals surface area contributed by atoms with Crippen molar-refractivity contribution in [3.8, 4) is 0 Å². The van der Waals surface area contributed by atoms with E-state index in [9.17, 15) is 14.0 Å². The molecular weight excluding hydrogens is 325 g/mol. The topological polar surface area (TPSA) is 73.2 Å². The first-order valence-electron chi connectivity index (χ1n) is 7.64. The van der Waals surface area contributed by atoms with Gasteiger partial charge in [0.25, 0.3) is 5.91 Å². The molecule has 0 saturated carbocycles. The fourth-order valence-electron chi connectivity index (χ4n) is 2.53. The predicted molar refractivity (Wildman–Crippen MR) is 89.3 cm³/mol. The van der Waals surface area contributed by atoms with Gasteiger partial charge in [0.1, 0.15) is 18.2 Å². The van der Waals surface area contributed by atoms with E-state index in [0.29, 0.717) is 11.3 Å². The molecule has 1 aromatic heterocycles. The first kappa shape index (κ1) is 16.6. The van der Waals surface area contributed by atoms with Gasteiger partial charge in [0, 0.05) is 0 Å². The molecule has 0 bridgehead atoms. The molecule has 0 spiro atoms. The molecule has 6 nitrogen and oxygen atoms in total. The average molecular weight is 341 g/mol. The van der Waals surface area contributed by atoms with Crippen LogP contribution in [0.3, 0.4) is 0 Å². The number of carbonyl (C=O) groups excluding carboxylic acids is 2. The van der Waals surface area contributed by atoms with E-state index in [1.165, 1.54) is 25.3 Å². The SMILES string of the molecule is COC(=O)Cn1c(CNC(=O)c2ccccc2F)nc2ccccc21.